The standard InChI is InChI=1S/C59H41NO/c1-36-33-52-55(56-46-23-11-16-28-54(46)61-57(36)56)45-32-30-39(35-51(45)59(52)48-25-13-8-21-42(48)43-22-9-14-26-49(43)59)60(53-27-15-10-19-40(53)37-17-5-4-6-18-37)38-29-31-44-41-20-7-12-24-47(41)58(2,3)50(44)34-38/h4-35H,1-3H3. The van der Waals surface area contributed by atoms with E-state index in [2.05, 4.69) is 220 Å². The Balaban J connectivity index is 1.14. The molecule has 3 aliphatic rings. The van der Waals surface area contributed by atoms with Crippen molar-refractivity contribution in [3.05, 3.63) is 233 Å². The van der Waals surface area contributed by atoms with Gasteiger partial charge in [-0.15, -0.1) is 0 Å². The third-order valence-electron chi connectivity index (χ3n) is 14.2. The van der Waals surface area contributed by atoms with Crippen molar-refractivity contribution in [2.24, 2.45) is 0 Å². The summed E-state index contributed by atoms with van der Waals surface area (Å²) < 4.78 is 6.71. The fourth-order valence-corrected chi connectivity index (χ4v) is 11.6. The van der Waals surface area contributed by atoms with Crippen LogP contribution in [-0.4, -0.2) is 0 Å². The molecule has 0 atom stereocenters. The Morgan fingerprint density at radius 1 is 0.426 bits per heavy atom. The number of furan rings is 1. The van der Waals surface area contributed by atoms with Crippen LogP contribution in [0.2, 0.25) is 0 Å². The van der Waals surface area contributed by atoms with Crippen LogP contribution in [0.15, 0.2) is 199 Å². The number of hydrogen-bond acceptors (Lipinski definition) is 2. The second kappa shape index (κ2) is 12.3. The molecule has 0 amide bonds. The molecule has 0 N–H and O–H groups in total. The molecular weight excluding hydrogens is 739 g/mol. The van der Waals surface area contributed by atoms with Gasteiger partial charge in [0.1, 0.15) is 11.2 Å². The molecule has 0 unspecified atom stereocenters. The number of nitrogens with zero attached hydrogens (tertiary/aromatic N) is 1. The maximum Gasteiger partial charge on any atom is 0.138 e. The summed E-state index contributed by atoms with van der Waals surface area (Å²) in [6.45, 7) is 6.96. The quantitative estimate of drug-likeness (QED) is 0.177. The number of rotatable bonds is 4. The lowest BCUT2D eigenvalue weighted by molar-refractivity contribution is 0.660. The maximum atomic E-state index is 6.71. The van der Waals surface area contributed by atoms with Crippen LogP contribution >= 0.6 is 0 Å². The van der Waals surface area contributed by atoms with E-state index >= 15 is 0 Å². The average Bonchev–Trinajstić information content (AvgIpc) is 3.99. The molecule has 0 bridgehead atoms. The Morgan fingerprint density at radius 2 is 0.967 bits per heavy atom. The van der Waals surface area contributed by atoms with E-state index < -0.39 is 5.41 Å². The summed E-state index contributed by atoms with van der Waals surface area (Å²) in [4.78, 5) is 2.51. The molecule has 0 aliphatic heterocycles. The minimum atomic E-state index is -0.544. The van der Waals surface area contributed by atoms with Crippen molar-refractivity contribution in [1.82, 2.24) is 0 Å². The van der Waals surface area contributed by atoms with Crippen LogP contribution in [0.1, 0.15) is 52.8 Å². The van der Waals surface area contributed by atoms with Gasteiger partial charge in [-0.2, -0.15) is 0 Å². The summed E-state index contributed by atoms with van der Waals surface area (Å²) in [5.74, 6) is 0. The van der Waals surface area contributed by atoms with Gasteiger partial charge < -0.3 is 9.32 Å². The highest BCUT2D eigenvalue weighted by Crippen LogP contribution is 2.65. The zero-order valence-corrected chi connectivity index (χ0v) is 34.3. The molecule has 1 heterocycles. The molecule has 0 radical (unpaired) electrons. The lowest BCUT2D eigenvalue weighted by Gasteiger charge is -2.33. The molecule has 288 valence electrons. The van der Waals surface area contributed by atoms with Crippen molar-refractivity contribution < 1.29 is 4.42 Å². The molecule has 1 spiro atoms. The first-order valence-corrected chi connectivity index (χ1v) is 21.4. The normalized spacial score (nSPS) is 14.4. The van der Waals surface area contributed by atoms with E-state index in [9.17, 15) is 0 Å². The number of anilines is 3. The van der Waals surface area contributed by atoms with Crippen LogP contribution in [0.4, 0.5) is 17.1 Å². The van der Waals surface area contributed by atoms with E-state index in [1.807, 2.05) is 0 Å². The Labute approximate surface area is 356 Å². The Bertz CT molecular complexity index is 3430. The minimum absolute atomic E-state index is 0.149. The molecule has 2 nitrogen and oxygen atoms in total. The summed E-state index contributed by atoms with van der Waals surface area (Å²) in [5.41, 5.74) is 23.9. The summed E-state index contributed by atoms with van der Waals surface area (Å²) in [6.07, 6.45) is 0. The van der Waals surface area contributed by atoms with Gasteiger partial charge in [0.05, 0.1) is 11.1 Å². The highest BCUT2D eigenvalue weighted by Gasteiger charge is 2.53. The van der Waals surface area contributed by atoms with Gasteiger partial charge in [0.25, 0.3) is 0 Å². The fourth-order valence-electron chi connectivity index (χ4n) is 11.6. The van der Waals surface area contributed by atoms with E-state index in [1.165, 1.54) is 83.3 Å². The molecule has 0 fully saturated rings. The molecule has 10 aromatic rings. The van der Waals surface area contributed by atoms with Crippen LogP contribution in [0.25, 0.3) is 66.4 Å². The van der Waals surface area contributed by atoms with Crippen molar-refractivity contribution >= 4 is 39.0 Å². The topological polar surface area (TPSA) is 16.4 Å². The van der Waals surface area contributed by atoms with Gasteiger partial charge in [0.15, 0.2) is 0 Å². The predicted molar refractivity (Wildman–Crippen MR) is 252 cm³/mol. The van der Waals surface area contributed by atoms with E-state index in [-0.39, 0.29) is 5.41 Å². The predicted octanol–water partition coefficient (Wildman–Crippen LogP) is 15.7. The lowest BCUT2D eigenvalue weighted by Crippen LogP contribution is -2.26. The lowest BCUT2D eigenvalue weighted by atomic mass is 9.70. The van der Waals surface area contributed by atoms with Gasteiger partial charge in [0, 0.05) is 33.1 Å². The van der Waals surface area contributed by atoms with Gasteiger partial charge in [0.2, 0.25) is 0 Å². The van der Waals surface area contributed by atoms with E-state index in [4.69, 9.17) is 4.42 Å². The van der Waals surface area contributed by atoms with E-state index in [0.29, 0.717) is 0 Å². The molecule has 1 aromatic heterocycles. The zero-order chi connectivity index (χ0) is 40.6. The maximum absolute atomic E-state index is 6.71. The smallest absolute Gasteiger partial charge is 0.138 e. The molecule has 3 aliphatic carbocycles. The number of benzene rings is 9. The molecule has 2 heteroatoms. The van der Waals surface area contributed by atoms with Crippen LogP contribution in [-0.2, 0) is 10.8 Å². The van der Waals surface area contributed by atoms with E-state index in [0.717, 1.165) is 39.2 Å². The van der Waals surface area contributed by atoms with Crippen LogP contribution in [0.3, 0.4) is 0 Å². The Hall–Kier alpha value is -7.42. The molecule has 9 aromatic carbocycles. The molecule has 0 saturated heterocycles. The summed E-state index contributed by atoms with van der Waals surface area (Å²) in [6, 6.07) is 72.3. The SMILES string of the molecule is Cc1cc2c(c3c1oc1ccccc13)-c1ccc(N(c3ccc4c(c3)C(C)(C)c3ccccc3-4)c3ccccc3-c3ccccc3)cc1C21c2ccccc2-c2ccccc21. The van der Waals surface area contributed by atoms with Crippen LogP contribution in [0, 0.1) is 6.92 Å². The number of aryl methyl sites for hydroxylation is 1. The molecule has 13 rings (SSSR count). The van der Waals surface area contributed by atoms with Crippen molar-refractivity contribution in [2.45, 2.75) is 31.6 Å². The number of fused-ring (bicyclic) bond motifs is 17. The average molecular weight is 780 g/mol. The first kappa shape index (κ1) is 34.4. The van der Waals surface area contributed by atoms with Gasteiger partial charge in [-0.25, -0.2) is 0 Å². The second-order valence-corrected chi connectivity index (χ2v) is 17.6. The Morgan fingerprint density at radius 3 is 1.69 bits per heavy atom. The highest BCUT2D eigenvalue weighted by atomic mass is 16.3. The van der Waals surface area contributed by atoms with Crippen molar-refractivity contribution in [3.8, 4) is 44.5 Å². The van der Waals surface area contributed by atoms with Crippen molar-refractivity contribution in [3.63, 3.8) is 0 Å². The van der Waals surface area contributed by atoms with Gasteiger partial charge in [-0.1, -0.05) is 172 Å². The zero-order valence-electron chi connectivity index (χ0n) is 34.3. The van der Waals surface area contributed by atoms with E-state index in [1.54, 1.807) is 0 Å². The monoisotopic (exact) mass is 779 g/mol. The third kappa shape index (κ3) is 4.46. The highest BCUT2D eigenvalue weighted by molar-refractivity contribution is 6.17. The first-order valence-electron chi connectivity index (χ1n) is 21.4. The summed E-state index contributed by atoms with van der Waals surface area (Å²) in [7, 11) is 0. The third-order valence-corrected chi connectivity index (χ3v) is 14.2. The largest absolute Gasteiger partial charge is 0.456 e. The van der Waals surface area contributed by atoms with Crippen molar-refractivity contribution in [1.29, 1.82) is 0 Å². The molecule has 61 heavy (non-hydrogen) atoms. The van der Waals surface area contributed by atoms with Gasteiger partial charge in [-0.05, 0) is 121 Å². The summed E-state index contributed by atoms with van der Waals surface area (Å²) in [5, 5.41) is 2.36. The fraction of sp³-hybridized carbons (Fsp3) is 0.0847. The summed E-state index contributed by atoms with van der Waals surface area (Å²) >= 11 is 0. The number of para-hydroxylation sites is 2. The molecule has 0 saturated carbocycles. The molecular formula is C59H41NO. The Kier molecular flexibility index (Phi) is 6.95. The minimum Gasteiger partial charge on any atom is -0.456 e. The van der Waals surface area contributed by atoms with Crippen molar-refractivity contribution in [2.75, 3.05) is 4.90 Å². The number of hydrogen-bond donors (Lipinski definition) is 0. The van der Waals surface area contributed by atoms with Crippen LogP contribution in [0.5, 0.6) is 0 Å². The second-order valence-electron chi connectivity index (χ2n) is 17.6. The van der Waals surface area contributed by atoms with Gasteiger partial charge in [-0.3, -0.25) is 0 Å². The van der Waals surface area contributed by atoms with Crippen LogP contribution < -0.4 is 4.90 Å². The van der Waals surface area contributed by atoms with Gasteiger partial charge >= 0.3 is 0 Å². The first-order chi connectivity index (χ1) is 29.9.